The molecule has 0 aliphatic rings. The fraction of sp³-hybridized carbons (Fsp3) is 0.130. The van der Waals surface area contributed by atoms with Gasteiger partial charge in [-0.05, 0) is 29.8 Å². The van der Waals surface area contributed by atoms with Crippen molar-refractivity contribution in [2.45, 2.75) is 18.1 Å². The van der Waals surface area contributed by atoms with E-state index in [2.05, 4.69) is 27.6 Å². The molecule has 0 aliphatic carbocycles. The van der Waals surface area contributed by atoms with Gasteiger partial charge in [-0.3, -0.25) is 9.20 Å². The minimum absolute atomic E-state index is 0.100. The monoisotopic (exact) mass is 429 g/mol. The van der Waals surface area contributed by atoms with Crippen LogP contribution in [0, 0.1) is 0 Å². The number of nitrogens with one attached hydrogen (secondary N) is 1. The topological polar surface area (TPSA) is 85.3 Å². The quantitative estimate of drug-likeness (QED) is 0.395. The van der Waals surface area contributed by atoms with Gasteiger partial charge in [-0.25, -0.2) is 4.98 Å². The van der Waals surface area contributed by atoms with E-state index < -0.39 is 0 Å². The van der Waals surface area contributed by atoms with E-state index in [-0.39, 0.29) is 11.7 Å². The van der Waals surface area contributed by atoms with E-state index in [0.29, 0.717) is 23.9 Å². The second-order valence-electron chi connectivity index (χ2n) is 6.99. The molecule has 0 fully saturated rings. The Morgan fingerprint density at radius 1 is 1.00 bits per heavy atom. The van der Waals surface area contributed by atoms with Crippen LogP contribution in [0.5, 0.6) is 0 Å². The van der Waals surface area contributed by atoms with Crippen molar-refractivity contribution in [2.24, 2.45) is 0 Å². The Morgan fingerprint density at radius 2 is 1.84 bits per heavy atom. The normalized spacial score (nSPS) is 11.2. The molecule has 5 aromatic rings. The summed E-state index contributed by atoms with van der Waals surface area (Å²) >= 11 is 1.34. The van der Waals surface area contributed by atoms with E-state index in [1.807, 2.05) is 52.9 Å². The number of rotatable bonds is 7. The molecule has 5 rings (SSSR count). The van der Waals surface area contributed by atoms with Gasteiger partial charge in [-0.2, -0.15) is 0 Å². The summed E-state index contributed by atoms with van der Waals surface area (Å²) in [6, 6.07) is 21.7. The van der Waals surface area contributed by atoms with Crippen molar-refractivity contribution in [3.63, 3.8) is 0 Å². The van der Waals surface area contributed by atoms with Crippen LogP contribution in [0.3, 0.4) is 0 Å². The first-order chi connectivity index (χ1) is 15.3. The van der Waals surface area contributed by atoms with Crippen LogP contribution in [0.15, 0.2) is 82.6 Å². The third kappa shape index (κ3) is 4.15. The van der Waals surface area contributed by atoms with Crippen molar-refractivity contribution < 1.29 is 9.21 Å². The number of carbonyl (C=O) groups excluding carboxylic acids is 1. The van der Waals surface area contributed by atoms with E-state index in [0.717, 1.165) is 27.9 Å². The predicted molar refractivity (Wildman–Crippen MR) is 119 cm³/mol. The number of fused-ring (bicyclic) bond motifs is 3. The Morgan fingerprint density at radius 3 is 2.68 bits per heavy atom. The van der Waals surface area contributed by atoms with E-state index in [1.54, 1.807) is 12.3 Å². The van der Waals surface area contributed by atoms with Crippen LogP contribution >= 0.6 is 11.8 Å². The van der Waals surface area contributed by atoms with Crippen LogP contribution in [-0.4, -0.2) is 31.2 Å². The average Bonchev–Trinajstić information content (AvgIpc) is 3.47. The number of benzene rings is 2. The van der Waals surface area contributed by atoms with Gasteiger partial charge in [-0.15, -0.1) is 10.2 Å². The maximum atomic E-state index is 12.3. The highest BCUT2D eigenvalue weighted by Gasteiger charge is 2.17. The summed E-state index contributed by atoms with van der Waals surface area (Å²) in [6.07, 6.45) is 2.22. The Bertz CT molecular complexity index is 1330. The molecule has 1 amide bonds. The number of para-hydroxylation sites is 1. The Kier molecular flexibility index (Phi) is 5.37. The highest BCUT2D eigenvalue weighted by atomic mass is 32.2. The van der Waals surface area contributed by atoms with Crippen molar-refractivity contribution in [3.8, 4) is 0 Å². The summed E-state index contributed by atoms with van der Waals surface area (Å²) in [5.41, 5.74) is 2.77. The van der Waals surface area contributed by atoms with Crippen LogP contribution in [-0.2, 0) is 17.8 Å². The lowest BCUT2D eigenvalue weighted by atomic mass is 10.1. The smallest absolute Gasteiger partial charge is 0.230 e. The van der Waals surface area contributed by atoms with Gasteiger partial charge in [0.1, 0.15) is 11.6 Å². The van der Waals surface area contributed by atoms with Gasteiger partial charge in [0.05, 0.1) is 24.1 Å². The third-order valence-corrected chi connectivity index (χ3v) is 5.79. The number of nitrogens with zero attached hydrogens (tertiary/aromatic N) is 4. The zero-order chi connectivity index (χ0) is 21.0. The molecule has 1 N–H and O–H groups in total. The lowest BCUT2D eigenvalue weighted by molar-refractivity contribution is -0.118. The lowest BCUT2D eigenvalue weighted by Crippen LogP contribution is -2.24. The molecule has 8 heteroatoms. The summed E-state index contributed by atoms with van der Waals surface area (Å²) in [4.78, 5) is 17.2. The molecule has 2 aromatic carbocycles. The van der Waals surface area contributed by atoms with Crippen LogP contribution in [0.1, 0.15) is 17.1 Å². The van der Waals surface area contributed by atoms with Gasteiger partial charge in [-0.1, -0.05) is 54.2 Å². The van der Waals surface area contributed by atoms with Gasteiger partial charge in [0, 0.05) is 11.8 Å². The molecule has 0 saturated heterocycles. The van der Waals surface area contributed by atoms with E-state index in [9.17, 15) is 4.79 Å². The molecule has 7 nitrogen and oxygen atoms in total. The Hall–Kier alpha value is -3.65. The van der Waals surface area contributed by atoms with Crippen molar-refractivity contribution >= 4 is 34.2 Å². The maximum absolute atomic E-state index is 12.3. The maximum Gasteiger partial charge on any atom is 0.230 e. The number of amides is 1. The molecular weight excluding hydrogens is 410 g/mol. The Balaban J connectivity index is 1.44. The number of hydrogen-bond donors (Lipinski definition) is 1. The summed E-state index contributed by atoms with van der Waals surface area (Å²) in [6.45, 7) is 0.360. The van der Waals surface area contributed by atoms with Crippen LogP contribution in [0.25, 0.3) is 16.6 Å². The van der Waals surface area contributed by atoms with Crippen LogP contribution in [0.4, 0.5) is 0 Å². The summed E-state index contributed by atoms with van der Waals surface area (Å²) in [5, 5.41) is 13.2. The van der Waals surface area contributed by atoms with Crippen molar-refractivity contribution in [3.05, 3.63) is 90.1 Å². The fourth-order valence-electron chi connectivity index (χ4n) is 3.40. The predicted octanol–water partition coefficient (Wildman–Crippen LogP) is 3.87. The fourth-order valence-corrected chi connectivity index (χ4v) is 4.18. The highest BCUT2D eigenvalue weighted by Crippen LogP contribution is 2.25. The summed E-state index contributed by atoms with van der Waals surface area (Å²) in [7, 11) is 0. The molecule has 31 heavy (non-hydrogen) atoms. The zero-order valence-corrected chi connectivity index (χ0v) is 17.4. The van der Waals surface area contributed by atoms with Gasteiger partial charge >= 0.3 is 0 Å². The molecular formula is C23H19N5O2S. The first kappa shape index (κ1) is 19.3. The molecule has 0 unspecified atom stereocenters. The molecule has 0 aliphatic heterocycles. The largest absolute Gasteiger partial charge is 0.467 e. The molecule has 0 bridgehead atoms. The highest BCUT2D eigenvalue weighted by molar-refractivity contribution is 7.99. The minimum Gasteiger partial charge on any atom is -0.467 e. The molecule has 0 spiro atoms. The van der Waals surface area contributed by atoms with E-state index >= 15 is 0 Å². The number of aromatic nitrogens is 4. The van der Waals surface area contributed by atoms with Crippen LogP contribution in [0.2, 0.25) is 0 Å². The van der Waals surface area contributed by atoms with Gasteiger partial charge in [0.15, 0.2) is 10.8 Å². The van der Waals surface area contributed by atoms with Crippen molar-refractivity contribution in [1.82, 2.24) is 24.9 Å². The number of furan rings is 1. The second-order valence-corrected chi connectivity index (χ2v) is 7.94. The molecule has 0 radical (unpaired) electrons. The Labute approximate surface area is 182 Å². The molecule has 0 atom stereocenters. The summed E-state index contributed by atoms with van der Waals surface area (Å²) < 4.78 is 7.21. The van der Waals surface area contributed by atoms with Gasteiger partial charge in [0.2, 0.25) is 5.91 Å². The number of carbonyl (C=O) groups is 1. The molecule has 3 aromatic heterocycles. The standard InChI is InChI=1S/C23H19N5O2S/c29-21(24-14-17-9-6-12-30-17)15-31-23-27-26-22-18-10-4-5-11-19(18)25-20(28(22)23)13-16-7-2-1-3-8-16/h1-12H,13-15H2,(H,24,29). The second kappa shape index (κ2) is 8.61. The number of hydrogen-bond acceptors (Lipinski definition) is 6. The van der Waals surface area contributed by atoms with E-state index in [4.69, 9.17) is 9.40 Å². The first-order valence-electron chi connectivity index (χ1n) is 9.86. The zero-order valence-electron chi connectivity index (χ0n) is 16.6. The first-order valence-corrected chi connectivity index (χ1v) is 10.8. The van der Waals surface area contributed by atoms with Crippen molar-refractivity contribution in [1.29, 1.82) is 0 Å². The van der Waals surface area contributed by atoms with Crippen LogP contribution < -0.4 is 5.32 Å². The van der Waals surface area contributed by atoms with Crippen molar-refractivity contribution in [2.75, 3.05) is 5.75 Å². The average molecular weight is 430 g/mol. The third-order valence-electron chi connectivity index (χ3n) is 4.86. The minimum atomic E-state index is -0.100. The van der Waals surface area contributed by atoms with Gasteiger partial charge < -0.3 is 9.73 Å². The number of thioether (sulfide) groups is 1. The molecule has 3 heterocycles. The van der Waals surface area contributed by atoms with E-state index in [1.165, 1.54) is 11.8 Å². The lowest BCUT2D eigenvalue weighted by Gasteiger charge is -2.09. The molecule has 0 saturated carbocycles. The summed E-state index contributed by atoms with van der Waals surface area (Å²) in [5.74, 6) is 1.67. The molecule has 154 valence electrons. The van der Waals surface area contributed by atoms with Gasteiger partial charge in [0.25, 0.3) is 0 Å². The SMILES string of the molecule is O=C(CSc1nnc2c3ccccc3nc(Cc3ccccc3)n12)NCc1ccco1.